The van der Waals surface area contributed by atoms with E-state index < -0.39 is 0 Å². The van der Waals surface area contributed by atoms with E-state index in [1.54, 1.807) is 17.4 Å². The summed E-state index contributed by atoms with van der Waals surface area (Å²) in [6, 6.07) is 11.2. The number of aromatic nitrogens is 2. The SMILES string of the molecule is C[C@H](NC(=O)CCc1nc(-c2cccs2)no1)c1cccc(Cl)c1. The van der Waals surface area contributed by atoms with E-state index in [1.165, 1.54) is 0 Å². The molecule has 0 saturated carbocycles. The molecule has 0 aliphatic rings. The molecule has 3 aromatic rings. The molecule has 0 bridgehead atoms. The Bertz CT molecular complexity index is 817. The molecule has 5 nitrogen and oxygen atoms in total. The van der Waals surface area contributed by atoms with Crippen molar-refractivity contribution in [3.8, 4) is 10.7 Å². The minimum Gasteiger partial charge on any atom is -0.350 e. The lowest BCUT2D eigenvalue weighted by Gasteiger charge is -2.14. The summed E-state index contributed by atoms with van der Waals surface area (Å²) < 4.78 is 5.19. The lowest BCUT2D eigenvalue weighted by atomic mass is 10.1. The molecule has 0 fully saturated rings. The van der Waals surface area contributed by atoms with E-state index in [0.717, 1.165) is 10.4 Å². The van der Waals surface area contributed by atoms with Gasteiger partial charge >= 0.3 is 0 Å². The van der Waals surface area contributed by atoms with Crippen LogP contribution in [0.25, 0.3) is 10.7 Å². The molecule has 124 valence electrons. The third kappa shape index (κ3) is 4.21. The zero-order chi connectivity index (χ0) is 16.9. The van der Waals surface area contributed by atoms with Gasteiger partial charge in [0.15, 0.2) is 0 Å². The minimum atomic E-state index is -0.111. The van der Waals surface area contributed by atoms with Gasteiger partial charge in [-0.05, 0) is 36.1 Å². The third-order valence-corrected chi connectivity index (χ3v) is 4.60. The number of carbonyl (C=O) groups is 1. The number of hydrogen-bond donors (Lipinski definition) is 1. The first-order chi connectivity index (χ1) is 11.6. The first-order valence-corrected chi connectivity index (χ1v) is 8.79. The standard InChI is InChI=1S/C17H16ClN3O2S/c1-11(12-4-2-5-13(18)10-12)19-15(22)7-8-16-20-17(21-23-16)14-6-3-9-24-14/h2-6,9-11H,7-8H2,1H3,(H,19,22)/t11-/m0/s1. The van der Waals surface area contributed by atoms with Gasteiger partial charge < -0.3 is 9.84 Å². The monoisotopic (exact) mass is 361 g/mol. The summed E-state index contributed by atoms with van der Waals surface area (Å²) in [6.07, 6.45) is 0.698. The van der Waals surface area contributed by atoms with Crippen molar-refractivity contribution in [1.29, 1.82) is 0 Å². The van der Waals surface area contributed by atoms with E-state index in [4.69, 9.17) is 16.1 Å². The van der Waals surface area contributed by atoms with E-state index in [0.29, 0.717) is 23.2 Å². The predicted molar refractivity (Wildman–Crippen MR) is 93.9 cm³/mol. The molecular weight excluding hydrogens is 346 g/mol. The molecule has 0 saturated heterocycles. The van der Waals surface area contributed by atoms with Gasteiger partial charge in [0.2, 0.25) is 17.6 Å². The maximum Gasteiger partial charge on any atom is 0.227 e. The van der Waals surface area contributed by atoms with Crippen molar-refractivity contribution < 1.29 is 9.32 Å². The summed E-state index contributed by atoms with van der Waals surface area (Å²) in [5, 5.41) is 9.48. The zero-order valence-corrected chi connectivity index (χ0v) is 14.6. The second-order valence-electron chi connectivity index (χ2n) is 5.33. The van der Waals surface area contributed by atoms with Crippen LogP contribution >= 0.6 is 22.9 Å². The highest BCUT2D eigenvalue weighted by atomic mass is 35.5. The van der Waals surface area contributed by atoms with Crippen molar-refractivity contribution in [2.24, 2.45) is 0 Å². The van der Waals surface area contributed by atoms with E-state index in [1.807, 2.05) is 42.6 Å². The molecule has 1 atom stereocenters. The summed E-state index contributed by atoms with van der Waals surface area (Å²) in [6.45, 7) is 1.92. The van der Waals surface area contributed by atoms with Gasteiger partial charge in [-0.3, -0.25) is 4.79 Å². The molecule has 2 heterocycles. The molecule has 1 aromatic carbocycles. The van der Waals surface area contributed by atoms with Gasteiger partial charge in [0.05, 0.1) is 10.9 Å². The lowest BCUT2D eigenvalue weighted by molar-refractivity contribution is -0.121. The lowest BCUT2D eigenvalue weighted by Crippen LogP contribution is -2.26. The van der Waals surface area contributed by atoms with Gasteiger partial charge in [-0.2, -0.15) is 4.98 Å². The number of halogens is 1. The highest BCUT2D eigenvalue weighted by Gasteiger charge is 2.13. The van der Waals surface area contributed by atoms with Gasteiger partial charge in [-0.1, -0.05) is 35.0 Å². The molecular formula is C17H16ClN3O2S. The first-order valence-electron chi connectivity index (χ1n) is 7.53. The highest BCUT2D eigenvalue weighted by molar-refractivity contribution is 7.13. The van der Waals surface area contributed by atoms with Crippen LogP contribution in [-0.4, -0.2) is 16.0 Å². The molecule has 1 amide bonds. The Balaban J connectivity index is 1.52. The maximum atomic E-state index is 12.1. The quantitative estimate of drug-likeness (QED) is 0.712. The van der Waals surface area contributed by atoms with Crippen LogP contribution in [0.1, 0.15) is 30.8 Å². The predicted octanol–water partition coefficient (Wildman–Crippen LogP) is 4.26. The molecule has 7 heteroatoms. The third-order valence-electron chi connectivity index (χ3n) is 3.50. The molecule has 24 heavy (non-hydrogen) atoms. The van der Waals surface area contributed by atoms with Crippen molar-refractivity contribution in [2.45, 2.75) is 25.8 Å². The number of thiophene rings is 1. The smallest absolute Gasteiger partial charge is 0.227 e. The van der Waals surface area contributed by atoms with Crippen LogP contribution < -0.4 is 5.32 Å². The summed E-state index contributed by atoms with van der Waals surface area (Å²) in [5.41, 5.74) is 0.966. The van der Waals surface area contributed by atoms with Crippen molar-refractivity contribution in [3.63, 3.8) is 0 Å². The number of carbonyl (C=O) groups excluding carboxylic acids is 1. The minimum absolute atomic E-state index is 0.0710. The normalized spacial score (nSPS) is 12.1. The van der Waals surface area contributed by atoms with E-state index in [-0.39, 0.29) is 18.4 Å². The summed E-state index contributed by atoms with van der Waals surface area (Å²) in [5.74, 6) is 0.954. The fraction of sp³-hybridized carbons (Fsp3) is 0.235. The number of rotatable bonds is 6. The fourth-order valence-corrected chi connectivity index (χ4v) is 3.10. The summed E-state index contributed by atoms with van der Waals surface area (Å²) in [4.78, 5) is 17.3. The van der Waals surface area contributed by atoms with Crippen molar-refractivity contribution in [3.05, 3.63) is 58.3 Å². The average molecular weight is 362 g/mol. The fourth-order valence-electron chi connectivity index (χ4n) is 2.26. The first kappa shape index (κ1) is 16.7. The van der Waals surface area contributed by atoms with E-state index in [2.05, 4.69) is 15.5 Å². The summed E-state index contributed by atoms with van der Waals surface area (Å²) >= 11 is 7.52. The highest BCUT2D eigenvalue weighted by Crippen LogP contribution is 2.21. The Morgan fingerprint density at radius 1 is 1.38 bits per heavy atom. The Labute approximate surface area is 148 Å². The number of nitrogens with zero attached hydrogens (tertiary/aromatic N) is 2. The van der Waals surface area contributed by atoms with Crippen LogP contribution in [0.5, 0.6) is 0 Å². The van der Waals surface area contributed by atoms with Gasteiger partial charge in [0.25, 0.3) is 0 Å². The van der Waals surface area contributed by atoms with Crippen molar-refractivity contribution in [1.82, 2.24) is 15.5 Å². The summed E-state index contributed by atoms with van der Waals surface area (Å²) in [7, 11) is 0. The molecule has 2 aromatic heterocycles. The molecule has 0 aliphatic heterocycles. The molecule has 3 rings (SSSR count). The van der Waals surface area contributed by atoms with Gasteiger partial charge in [-0.25, -0.2) is 0 Å². The van der Waals surface area contributed by atoms with Crippen LogP contribution in [0, 0.1) is 0 Å². The van der Waals surface area contributed by atoms with E-state index >= 15 is 0 Å². The van der Waals surface area contributed by atoms with Crippen LogP contribution in [0.3, 0.4) is 0 Å². The molecule has 0 aliphatic carbocycles. The van der Waals surface area contributed by atoms with Gasteiger partial charge in [-0.15, -0.1) is 11.3 Å². The average Bonchev–Trinajstić information content (AvgIpc) is 3.24. The van der Waals surface area contributed by atoms with Crippen LogP contribution in [0.15, 0.2) is 46.3 Å². The maximum absolute atomic E-state index is 12.1. The number of nitrogens with one attached hydrogen (secondary N) is 1. The Hall–Kier alpha value is -2.18. The molecule has 0 unspecified atom stereocenters. The largest absolute Gasteiger partial charge is 0.350 e. The Morgan fingerprint density at radius 2 is 2.25 bits per heavy atom. The van der Waals surface area contributed by atoms with Crippen molar-refractivity contribution >= 4 is 28.8 Å². The van der Waals surface area contributed by atoms with Crippen molar-refractivity contribution in [2.75, 3.05) is 0 Å². The zero-order valence-electron chi connectivity index (χ0n) is 13.0. The van der Waals surface area contributed by atoms with Gasteiger partial charge in [0.1, 0.15) is 0 Å². The number of hydrogen-bond acceptors (Lipinski definition) is 5. The van der Waals surface area contributed by atoms with Crippen LogP contribution in [0.4, 0.5) is 0 Å². The van der Waals surface area contributed by atoms with Crippen LogP contribution in [-0.2, 0) is 11.2 Å². The van der Waals surface area contributed by atoms with E-state index in [9.17, 15) is 4.79 Å². The number of benzene rings is 1. The Morgan fingerprint density at radius 3 is 3.00 bits per heavy atom. The molecule has 0 spiro atoms. The Kier molecular flexibility index (Phi) is 5.27. The second-order valence-corrected chi connectivity index (χ2v) is 6.72. The molecule has 1 N–H and O–H groups in total. The van der Waals surface area contributed by atoms with Crippen LogP contribution in [0.2, 0.25) is 5.02 Å². The topological polar surface area (TPSA) is 68.0 Å². The van der Waals surface area contributed by atoms with Gasteiger partial charge in [0, 0.05) is 17.9 Å². The second kappa shape index (κ2) is 7.59. The number of amides is 1. The number of aryl methyl sites for hydroxylation is 1. The molecule has 0 radical (unpaired) electrons.